The van der Waals surface area contributed by atoms with Gasteiger partial charge in [0.05, 0.1) is 18.9 Å². The van der Waals surface area contributed by atoms with Crippen molar-refractivity contribution in [2.45, 2.75) is 25.4 Å². The lowest BCUT2D eigenvalue weighted by molar-refractivity contribution is 0.0782. The number of fused-ring (bicyclic) bond motifs is 1. The third-order valence-electron chi connectivity index (χ3n) is 6.03. The molecule has 4 aromatic rings. The number of pyridine rings is 1. The minimum atomic E-state index is -1.33. The second-order valence-electron chi connectivity index (χ2n) is 8.32. The molecule has 2 aromatic carbocycles. The summed E-state index contributed by atoms with van der Waals surface area (Å²) in [6.07, 6.45) is 1.34. The van der Waals surface area contributed by atoms with Gasteiger partial charge in [-0.2, -0.15) is 0 Å². The molecule has 0 aliphatic heterocycles. The van der Waals surface area contributed by atoms with Crippen molar-refractivity contribution in [3.05, 3.63) is 101 Å². The van der Waals surface area contributed by atoms with Crippen molar-refractivity contribution in [3.8, 4) is 5.75 Å². The van der Waals surface area contributed by atoms with Crippen molar-refractivity contribution in [1.82, 2.24) is 9.38 Å². The predicted octanol–water partition coefficient (Wildman–Crippen LogP) is 4.13. The highest BCUT2D eigenvalue weighted by Gasteiger charge is 2.35. The van der Waals surface area contributed by atoms with E-state index in [1.807, 2.05) is 0 Å². The third-order valence-corrected chi connectivity index (χ3v) is 6.03. The van der Waals surface area contributed by atoms with E-state index in [2.05, 4.69) is 4.98 Å². The van der Waals surface area contributed by atoms with Crippen molar-refractivity contribution >= 4 is 11.4 Å². The number of aromatic nitrogens is 2. The van der Waals surface area contributed by atoms with E-state index in [1.165, 1.54) is 40.8 Å². The monoisotopic (exact) mass is 484 g/mol. The highest BCUT2D eigenvalue weighted by Crippen LogP contribution is 2.31. The van der Waals surface area contributed by atoms with Crippen LogP contribution in [-0.2, 0) is 12.0 Å². The zero-order valence-electron chi connectivity index (χ0n) is 18.8. The first-order chi connectivity index (χ1) is 16.8. The van der Waals surface area contributed by atoms with Crippen molar-refractivity contribution < 1.29 is 32.9 Å². The summed E-state index contributed by atoms with van der Waals surface area (Å²) in [5, 5.41) is 20.2. The summed E-state index contributed by atoms with van der Waals surface area (Å²) in [4.78, 5) is 17.8. The molecule has 182 valence electrons. The van der Waals surface area contributed by atoms with Crippen molar-refractivity contribution in [2.75, 3.05) is 13.2 Å². The van der Waals surface area contributed by atoms with Crippen LogP contribution in [0.4, 0.5) is 13.2 Å². The van der Waals surface area contributed by atoms with Gasteiger partial charge in [0.25, 0.3) is 0 Å². The first-order valence-corrected chi connectivity index (χ1v) is 10.8. The van der Waals surface area contributed by atoms with Crippen molar-refractivity contribution in [2.24, 2.45) is 0 Å². The van der Waals surface area contributed by atoms with Crippen LogP contribution in [-0.4, -0.2) is 38.6 Å². The summed E-state index contributed by atoms with van der Waals surface area (Å²) < 4.78 is 48.1. The molecule has 0 fully saturated rings. The summed E-state index contributed by atoms with van der Waals surface area (Å²) >= 11 is 0. The molecule has 0 aliphatic rings. The smallest absolute Gasteiger partial charge is 0.182 e. The average Bonchev–Trinajstić information content (AvgIpc) is 3.20. The normalized spacial score (nSPS) is 11.7. The van der Waals surface area contributed by atoms with Crippen molar-refractivity contribution in [1.29, 1.82) is 0 Å². The Hall–Kier alpha value is -3.69. The third kappa shape index (κ3) is 4.65. The van der Waals surface area contributed by atoms with E-state index in [1.54, 1.807) is 25.3 Å². The van der Waals surface area contributed by atoms with Gasteiger partial charge in [0.2, 0.25) is 0 Å². The minimum absolute atomic E-state index is 0.0292. The Morgan fingerprint density at radius 1 is 1.03 bits per heavy atom. The predicted molar refractivity (Wildman–Crippen MR) is 122 cm³/mol. The van der Waals surface area contributed by atoms with Crippen LogP contribution >= 0.6 is 0 Å². The van der Waals surface area contributed by atoms with Gasteiger partial charge in [-0.3, -0.25) is 9.20 Å². The van der Waals surface area contributed by atoms with Crippen LogP contribution in [0.1, 0.15) is 33.7 Å². The average molecular weight is 484 g/mol. The quantitative estimate of drug-likeness (QED) is 0.349. The maximum absolute atomic E-state index is 14.0. The number of halogens is 3. The number of aryl methyl sites for hydroxylation is 1. The topological polar surface area (TPSA) is 84.1 Å². The molecule has 0 spiro atoms. The Labute approximate surface area is 199 Å². The maximum Gasteiger partial charge on any atom is 0.182 e. The lowest BCUT2D eigenvalue weighted by atomic mass is 9.77. The van der Waals surface area contributed by atoms with Gasteiger partial charge in [0.15, 0.2) is 28.8 Å². The van der Waals surface area contributed by atoms with Crippen LogP contribution < -0.4 is 4.74 Å². The number of ether oxygens (including phenoxy) is 1. The minimum Gasteiger partial charge on any atom is -0.485 e. The molecule has 2 N–H and O–H groups in total. The number of ketones is 1. The second kappa shape index (κ2) is 9.89. The number of carbonyl (C=O) groups is 1. The van der Waals surface area contributed by atoms with E-state index in [-0.39, 0.29) is 30.0 Å². The Morgan fingerprint density at radius 2 is 1.74 bits per heavy atom. The van der Waals surface area contributed by atoms with E-state index >= 15 is 0 Å². The van der Waals surface area contributed by atoms with Gasteiger partial charge in [0.1, 0.15) is 18.1 Å². The second-order valence-corrected chi connectivity index (χ2v) is 8.32. The van der Waals surface area contributed by atoms with Gasteiger partial charge in [-0.25, -0.2) is 18.2 Å². The fourth-order valence-electron chi connectivity index (χ4n) is 4.06. The molecule has 0 amide bonds. The lowest BCUT2D eigenvalue weighted by Gasteiger charge is -2.29. The summed E-state index contributed by atoms with van der Waals surface area (Å²) in [6, 6.07) is 12.3. The standard InChI is InChI=1S/C26H23F3N2O4/c1-16-24(21(34)12-26(14-32,15-33)18-7-9-19(27)10-8-18)31-11-3-6-22(25(31)30-16)35-13-17-4-2-5-20(28)23(17)29/h2-11,32-33H,12-15H2,1H3. The highest BCUT2D eigenvalue weighted by molar-refractivity contribution is 5.97. The first kappa shape index (κ1) is 24.4. The summed E-state index contributed by atoms with van der Waals surface area (Å²) in [5.74, 6) is -2.61. The Bertz CT molecular complexity index is 1370. The van der Waals surface area contributed by atoms with Crippen LogP contribution in [0.5, 0.6) is 5.75 Å². The Kier molecular flexibility index (Phi) is 6.90. The zero-order chi connectivity index (χ0) is 25.2. The number of imidazole rings is 1. The molecule has 0 saturated carbocycles. The summed E-state index contributed by atoms with van der Waals surface area (Å²) in [6.45, 7) is 0.309. The molecule has 2 heterocycles. The molecule has 0 bridgehead atoms. The van der Waals surface area contributed by atoms with Crippen LogP contribution in [0.15, 0.2) is 60.8 Å². The molecule has 0 radical (unpaired) electrons. The number of nitrogens with zero attached hydrogens (tertiary/aromatic N) is 2. The first-order valence-electron chi connectivity index (χ1n) is 10.8. The molecule has 0 unspecified atom stereocenters. The fourth-order valence-corrected chi connectivity index (χ4v) is 4.06. The molecular formula is C26H23F3N2O4. The SMILES string of the molecule is Cc1nc2c(OCc3cccc(F)c3F)cccn2c1C(=O)CC(CO)(CO)c1ccc(F)cc1. The number of benzene rings is 2. The van der Waals surface area contributed by atoms with Gasteiger partial charge in [-0.1, -0.05) is 24.3 Å². The van der Waals surface area contributed by atoms with E-state index in [0.717, 1.165) is 6.07 Å². The zero-order valence-corrected chi connectivity index (χ0v) is 18.8. The van der Waals surface area contributed by atoms with Gasteiger partial charge in [-0.15, -0.1) is 0 Å². The van der Waals surface area contributed by atoms with E-state index in [0.29, 0.717) is 16.9 Å². The number of hydrogen-bond donors (Lipinski definition) is 2. The molecule has 0 aliphatic carbocycles. The number of carbonyl (C=O) groups excluding carboxylic acids is 1. The lowest BCUT2D eigenvalue weighted by Crippen LogP contribution is -2.37. The molecule has 6 nitrogen and oxygen atoms in total. The molecule has 2 aromatic heterocycles. The number of aliphatic hydroxyl groups excluding tert-OH is 2. The molecular weight excluding hydrogens is 461 g/mol. The summed E-state index contributed by atoms with van der Waals surface area (Å²) in [7, 11) is 0. The molecule has 35 heavy (non-hydrogen) atoms. The van der Waals surface area contributed by atoms with Gasteiger partial charge >= 0.3 is 0 Å². The van der Waals surface area contributed by atoms with Gasteiger partial charge in [-0.05, 0) is 42.8 Å². The number of aliphatic hydroxyl groups is 2. The highest BCUT2D eigenvalue weighted by atomic mass is 19.2. The van der Waals surface area contributed by atoms with Crippen molar-refractivity contribution in [3.63, 3.8) is 0 Å². The van der Waals surface area contributed by atoms with E-state index < -0.39 is 41.9 Å². The molecule has 0 saturated heterocycles. The largest absolute Gasteiger partial charge is 0.485 e. The van der Waals surface area contributed by atoms with E-state index in [4.69, 9.17) is 4.74 Å². The summed E-state index contributed by atoms with van der Waals surface area (Å²) in [5.41, 5.74) is 0.0179. The van der Waals surface area contributed by atoms with Crippen LogP contribution in [0, 0.1) is 24.4 Å². The Morgan fingerprint density at radius 3 is 2.43 bits per heavy atom. The van der Waals surface area contributed by atoms with Crippen LogP contribution in [0.2, 0.25) is 0 Å². The Balaban J connectivity index is 1.65. The molecule has 4 rings (SSSR count). The number of rotatable bonds is 9. The van der Waals surface area contributed by atoms with Gasteiger partial charge < -0.3 is 14.9 Å². The van der Waals surface area contributed by atoms with Gasteiger partial charge in [0, 0.05) is 23.6 Å². The fraction of sp³-hybridized carbons (Fsp3) is 0.231. The molecule has 9 heteroatoms. The van der Waals surface area contributed by atoms with Crippen LogP contribution in [0.3, 0.4) is 0 Å². The van der Waals surface area contributed by atoms with E-state index in [9.17, 15) is 28.2 Å². The van der Waals surface area contributed by atoms with Crippen LogP contribution in [0.25, 0.3) is 5.65 Å². The number of hydrogen-bond acceptors (Lipinski definition) is 5. The maximum atomic E-state index is 14.0. The number of Topliss-reactive ketones (excluding diaryl/α,β-unsaturated/α-hetero) is 1. The molecule has 0 atom stereocenters.